The van der Waals surface area contributed by atoms with E-state index in [2.05, 4.69) is 4.74 Å². The van der Waals surface area contributed by atoms with Gasteiger partial charge in [-0.3, -0.25) is 4.79 Å². The number of carbonyl (C=O) groups is 3. The molecular weight excluding hydrogens is 240 g/mol. The van der Waals surface area contributed by atoms with Gasteiger partial charge in [-0.15, -0.1) is 0 Å². The predicted molar refractivity (Wildman–Crippen MR) is 62.8 cm³/mol. The van der Waals surface area contributed by atoms with E-state index in [1.54, 1.807) is 20.8 Å². The second kappa shape index (κ2) is 5.48. The van der Waals surface area contributed by atoms with E-state index in [1.165, 1.54) is 13.8 Å². The van der Waals surface area contributed by atoms with Crippen molar-refractivity contribution in [2.24, 2.45) is 11.3 Å². The molecule has 0 bridgehead atoms. The largest absolute Gasteiger partial charge is 0.479 e. The number of Topliss-reactive ketones (excluding diaryl/α,β-unsaturated/α-hetero) is 1. The summed E-state index contributed by atoms with van der Waals surface area (Å²) in [6, 6.07) is 0. The van der Waals surface area contributed by atoms with Crippen LogP contribution in [0.4, 0.5) is 0 Å². The van der Waals surface area contributed by atoms with Crippen LogP contribution in [0.1, 0.15) is 34.6 Å². The Hall–Kier alpha value is -1.43. The minimum atomic E-state index is -2.85. The van der Waals surface area contributed by atoms with Gasteiger partial charge in [0.05, 0.1) is 12.5 Å². The molecule has 0 saturated carbocycles. The van der Waals surface area contributed by atoms with Gasteiger partial charge >= 0.3 is 11.9 Å². The summed E-state index contributed by atoms with van der Waals surface area (Å²) in [4.78, 5) is 34.7. The molecule has 2 unspecified atom stereocenters. The van der Waals surface area contributed by atoms with Crippen LogP contribution in [0.3, 0.4) is 0 Å². The van der Waals surface area contributed by atoms with Gasteiger partial charge in [0.1, 0.15) is 5.78 Å². The van der Waals surface area contributed by atoms with Gasteiger partial charge in [0.15, 0.2) is 0 Å². The lowest BCUT2D eigenvalue weighted by Gasteiger charge is -2.30. The molecule has 0 aliphatic heterocycles. The van der Waals surface area contributed by atoms with E-state index in [0.717, 1.165) is 0 Å². The molecule has 0 spiro atoms. The van der Waals surface area contributed by atoms with Crippen molar-refractivity contribution < 1.29 is 29.3 Å². The summed E-state index contributed by atoms with van der Waals surface area (Å²) in [7, 11) is 0. The average molecular weight is 260 g/mol. The fourth-order valence-electron chi connectivity index (χ4n) is 1.53. The molecule has 0 aliphatic rings. The maximum Gasteiger partial charge on any atom is 0.350 e. The third-order valence-electron chi connectivity index (χ3n) is 2.67. The summed E-state index contributed by atoms with van der Waals surface area (Å²) in [5, 5.41) is 19.0. The topological polar surface area (TPSA) is 101 Å². The van der Waals surface area contributed by atoms with E-state index in [-0.39, 0.29) is 6.61 Å². The first-order valence-electron chi connectivity index (χ1n) is 5.66. The van der Waals surface area contributed by atoms with E-state index >= 15 is 0 Å². The number of carboxylic acid groups (broad SMARTS) is 1. The van der Waals surface area contributed by atoms with Crippen molar-refractivity contribution >= 4 is 17.7 Å². The lowest BCUT2D eigenvalue weighted by atomic mass is 9.75. The highest BCUT2D eigenvalue weighted by Crippen LogP contribution is 2.29. The van der Waals surface area contributed by atoms with Crippen molar-refractivity contribution in [1.82, 2.24) is 0 Å². The fourth-order valence-corrected chi connectivity index (χ4v) is 1.53. The maximum atomic E-state index is 12.0. The SMILES string of the molecule is CCOC(=O)C(O)(C(=O)O)C(C)C(=O)C(C)(C)C. The van der Waals surface area contributed by atoms with Crippen molar-refractivity contribution in [1.29, 1.82) is 0 Å². The number of ketones is 1. The van der Waals surface area contributed by atoms with Crippen molar-refractivity contribution in [2.75, 3.05) is 6.61 Å². The molecule has 0 aliphatic carbocycles. The van der Waals surface area contributed by atoms with E-state index in [1.807, 2.05) is 0 Å². The third-order valence-corrected chi connectivity index (χ3v) is 2.67. The molecule has 0 amide bonds. The van der Waals surface area contributed by atoms with E-state index in [9.17, 15) is 19.5 Å². The number of aliphatic hydroxyl groups is 1. The Bertz CT molecular complexity index is 354. The molecular formula is C12H20O6. The molecule has 0 heterocycles. The minimum Gasteiger partial charge on any atom is -0.479 e. The lowest BCUT2D eigenvalue weighted by Crippen LogP contribution is -2.56. The second-order valence-electron chi connectivity index (χ2n) is 5.13. The summed E-state index contributed by atoms with van der Waals surface area (Å²) in [5.41, 5.74) is -3.71. The average Bonchev–Trinajstić information content (AvgIpc) is 2.24. The standard InChI is InChI=1S/C12H20O6/c1-6-18-10(16)12(17,9(14)15)7(2)8(13)11(3,4)5/h7,17H,6H2,1-5H3,(H,14,15). The molecule has 2 atom stereocenters. The molecule has 0 saturated heterocycles. The Morgan fingerprint density at radius 3 is 1.94 bits per heavy atom. The number of esters is 1. The highest BCUT2D eigenvalue weighted by Gasteiger charge is 2.55. The van der Waals surface area contributed by atoms with Crippen LogP contribution in [0.15, 0.2) is 0 Å². The normalized spacial score (nSPS) is 16.6. The van der Waals surface area contributed by atoms with Gasteiger partial charge in [-0.05, 0) is 6.92 Å². The summed E-state index contributed by atoms with van der Waals surface area (Å²) >= 11 is 0. The third kappa shape index (κ3) is 3.07. The summed E-state index contributed by atoms with van der Waals surface area (Å²) in [6.45, 7) is 7.36. The predicted octanol–water partition coefficient (Wildman–Crippen LogP) is 0.616. The number of hydrogen-bond acceptors (Lipinski definition) is 5. The molecule has 0 aromatic heterocycles. The Morgan fingerprint density at radius 1 is 1.22 bits per heavy atom. The van der Waals surface area contributed by atoms with Crippen molar-refractivity contribution in [3.8, 4) is 0 Å². The molecule has 2 N–H and O–H groups in total. The van der Waals surface area contributed by atoms with Crippen LogP contribution < -0.4 is 0 Å². The van der Waals surface area contributed by atoms with Gasteiger partial charge in [0.25, 0.3) is 5.60 Å². The zero-order valence-corrected chi connectivity index (χ0v) is 11.3. The van der Waals surface area contributed by atoms with Crippen LogP contribution in [0.2, 0.25) is 0 Å². The van der Waals surface area contributed by atoms with Crippen molar-refractivity contribution in [3.63, 3.8) is 0 Å². The zero-order chi connectivity index (χ0) is 14.7. The quantitative estimate of drug-likeness (QED) is 0.555. The van der Waals surface area contributed by atoms with Gasteiger partial charge in [-0.25, -0.2) is 9.59 Å². The number of carbonyl (C=O) groups excluding carboxylic acids is 2. The van der Waals surface area contributed by atoms with Crippen LogP contribution >= 0.6 is 0 Å². The van der Waals surface area contributed by atoms with Crippen molar-refractivity contribution in [2.45, 2.75) is 40.2 Å². The number of hydrogen-bond donors (Lipinski definition) is 2. The number of rotatable bonds is 5. The van der Waals surface area contributed by atoms with Crippen LogP contribution in [-0.2, 0) is 19.1 Å². The first-order valence-corrected chi connectivity index (χ1v) is 5.66. The lowest BCUT2D eigenvalue weighted by molar-refractivity contribution is -0.188. The fraction of sp³-hybridized carbons (Fsp3) is 0.750. The summed E-state index contributed by atoms with van der Waals surface area (Å²) < 4.78 is 4.53. The highest BCUT2D eigenvalue weighted by molar-refractivity contribution is 6.07. The van der Waals surface area contributed by atoms with Gasteiger partial charge in [0.2, 0.25) is 0 Å². The van der Waals surface area contributed by atoms with E-state index in [4.69, 9.17) is 5.11 Å². The highest BCUT2D eigenvalue weighted by atomic mass is 16.6. The van der Waals surface area contributed by atoms with Crippen molar-refractivity contribution in [3.05, 3.63) is 0 Å². The Kier molecular flexibility index (Phi) is 5.04. The Morgan fingerprint density at radius 2 is 1.67 bits per heavy atom. The molecule has 0 radical (unpaired) electrons. The van der Waals surface area contributed by atoms with Crippen LogP contribution in [0, 0.1) is 11.3 Å². The van der Waals surface area contributed by atoms with Gasteiger partial charge < -0.3 is 14.9 Å². The Labute approximate surface area is 106 Å². The monoisotopic (exact) mass is 260 g/mol. The smallest absolute Gasteiger partial charge is 0.350 e. The molecule has 6 nitrogen and oxygen atoms in total. The molecule has 6 heteroatoms. The first kappa shape index (κ1) is 16.6. The first-order chi connectivity index (χ1) is 7.99. The minimum absolute atomic E-state index is 0.0785. The van der Waals surface area contributed by atoms with Gasteiger partial charge in [0, 0.05) is 5.41 Å². The van der Waals surface area contributed by atoms with E-state index < -0.39 is 34.7 Å². The molecule has 0 rings (SSSR count). The molecule has 18 heavy (non-hydrogen) atoms. The van der Waals surface area contributed by atoms with Crippen LogP contribution in [-0.4, -0.2) is 40.1 Å². The molecule has 104 valence electrons. The van der Waals surface area contributed by atoms with Gasteiger partial charge in [-0.2, -0.15) is 0 Å². The van der Waals surface area contributed by atoms with Crippen LogP contribution in [0.5, 0.6) is 0 Å². The summed E-state index contributed by atoms with van der Waals surface area (Å²) in [5.74, 6) is -5.02. The zero-order valence-electron chi connectivity index (χ0n) is 11.3. The molecule has 0 aromatic carbocycles. The maximum absolute atomic E-state index is 12.0. The number of carboxylic acids is 1. The van der Waals surface area contributed by atoms with E-state index in [0.29, 0.717) is 0 Å². The molecule has 0 fully saturated rings. The number of aliphatic carboxylic acids is 1. The Balaban J connectivity index is 5.44. The second-order valence-corrected chi connectivity index (χ2v) is 5.13. The summed E-state index contributed by atoms with van der Waals surface area (Å²) in [6.07, 6.45) is 0. The molecule has 0 aromatic rings. The van der Waals surface area contributed by atoms with Crippen LogP contribution in [0.25, 0.3) is 0 Å². The number of ether oxygens (including phenoxy) is 1. The van der Waals surface area contributed by atoms with Gasteiger partial charge in [-0.1, -0.05) is 27.7 Å².